The molecule has 0 saturated heterocycles. The number of methoxy groups -OCH3 is 1. The standard InChI is InChI=1S/C23H22N6O3S/c1-3-4-13-28-21(30)17-7-5-6-8-18(17)29-22(28)26-27-23(29)33-14-19-24-25-20(32-19)15-9-11-16(31-2)12-10-15/h5-12H,3-4,13-14H2,1-2H3. The van der Waals surface area contributed by atoms with Gasteiger partial charge in [0.25, 0.3) is 5.56 Å². The molecule has 0 N–H and O–H groups in total. The lowest BCUT2D eigenvalue weighted by molar-refractivity contribution is 0.415. The molecule has 0 saturated carbocycles. The van der Waals surface area contributed by atoms with Gasteiger partial charge in [0.1, 0.15) is 5.75 Å². The monoisotopic (exact) mass is 462 g/mol. The first-order chi connectivity index (χ1) is 16.2. The van der Waals surface area contributed by atoms with Gasteiger partial charge in [-0.3, -0.25) is 13.8 Å². The third-order valence-corrected chi connectivity index (χ3v) is 6.26. The Bertz CT molecular complexity index is 1470. The zero-order valence-corrected chi connectivity index (χ0v) is 19.1. The summed E-state index contributed by atoms with van der Waals surface area (Å²) >= 11 is 1.44. The Balaban J connectivity index is 1.46. The molecule has 0 aliphatic carbocycles. The molecule has 3 heterocycles. The number of rotatable bonds is 8. The maximum absolute atomic E-state index is 13.0. The van der Waals surface area contributed by atoms with E-state index in [1.165, 1.54) is 11.8 Å². The first kappa shape index (κ1) is 21.2. The molecule has 0 unspecified atom stereocenters. The van der Waals surface area contributed by atoms with Gasteiger partial charge in [0.2, 0.25) is 17.6 Å². The lowest BCUT2D eigenvalue weighted by Crippen LogP contribution is -2.23. The van der Waals surface area contributed by atoms with Gasteiger partial charge >= 0.3 is 0 Å². The maximum Gasteiger partial charge on any atom is 0.262 e. The summed E-state index contributed by atoms with van der Waals surface area (Å²) in [6, 6.07) is 15.0. The van der Waals surface area contributed by atoms with Crippen LogP contribution in [0.5, 0.6) is 5.75 Å². The summed E-state index contributed by atoms with van der Waals surface area (Å²) in [5.41, 5.74) is 1.55. The fourth-order valence-corrected chi connectivity index (χ4v) is 4.41. The summed E-state index contributed by atoms with van der Waals surface area (Å²) < 4.78 is 14.7. The highest BCUT2D eigenvalue weighted by Gasteiger charge is 2.18. The van der Waals surface area contributed by atoms with Gasteiger partial charge in [-0.1, -0.05) is 37.2 Å². The predicted octanol–water partition coefficient (Wildman–Crippen LogP) is 4.20. The number of fused-ring (bicyclic) bond motifs is 3. The quantitative estimate of drug-likeness (QED) is 0.316. The van der Waals surface area contributed by atoms with Crippen LogP contribution in [0.15, 0.2) is 62.9 Å². The third kappa shape index (κ3) is 3.97. The highest BCUT2D eigenvalue weighted by Crippen LogP contribution is 2.26. The first-order valence-corrected chi connectivity index (χ1v) is 11.6. The highest BCUT2D eigenvalue weighted by molar-refractivity contribution is 7.98. The Hall–Kier alpha value is -3.66. The molecular formula is C23H22N6O3S. The number of thioether (sulfide) groups is 1. The van der Waals surface area contributed by atoms with E-state index in [4.69, 9.17) is 9.15 Å². The second kappa shape index (κ2) is 9.07. The number of unbranched alkanes of at least 4 members (excludes halogenated alkanes) is 1. The van der Waals surface area contributed by atoms with Gasteiger partial charge in [0, 0.05) is 12.1 Å². The molecule has 3 aromatic heterocycles. The van der Waals surface area contributed by atoms with Crippen LogP contribution < -0.4 is 10.3 Å². The van der Waals surface area contributed by atoms with E-state index in [1.807, 2.05) is 52.9 Å². The molecule has 0 bridgehead atoms. The number of aryl methyl sites for hydroxylation is 1. The largest absolute Gasteiger partial charge is 0.497 e. The lowest BCUT2D eigenvalue weighted by atomic mass is 10.2. The number of para-hydroxylation sites is 1. The fraction of sp³-hybridized carbons (Fsp3) is 0.261. The molecule has 0 aliphatic rings. The van der Waals surface area contributed by atoms with Crippen molar-refractivity contribution in [2.75, 3.05) is 7.11 Å². The van der Waals surface area contributed by atoms with E-state index in [1.54, 1.807) is 11.7 Å². The summed E-state index contributed by atoms with van der Waals surface area (Å²) in [6.45, 7) is 2.69. The summed E-state index contributed by atoms with van der Waals surface area (Å²) in [5, 5.41) is 18.3. The van der Waals surface area contributed by atoms with E-state index in [2.05, 4.69) is 27.3 Å². The number of aromatic nitrogens is 6. The van der Waals surface area contributed by atoms with Crippen LogP contribution in [0.25, 0.3) is 28.1 Å². The molecule has 2 aromatic carbocycles. The molecule has 10 heteroatoms. The van der Waals surface area contributed by atoms with E-state index in [-0.39, 0.29) is 5.56 Å². The van der Waals surface area contributed by atoms with Gasteiger partial charge in [-0.2, -0.15) is 0 Å². The maximum atomic E-state index is 13.0. The minimum absolute atomic E-state index is 0.0449. The average Bonchev–Trinajstić information content (AvgIpc) is 3.50. The van der Waals surface area contributed by atoms with Crippen LogP contribution in [-0.4, -0.2) is 36.5 Å². The van der Waals surface area contributed by atoms with Crippen molar-refractivity contribution in [1.29, 1.82) is 0 Å². The van der Waals surface area contributed by atoms with Crippen molar-refractivity contribution in [1.82, 2.24) is 29.4 Å². The third-order valence-electron chi connectivity index (χ3n) is 5.34. The summed E-state index contributed by atoms with van der Waals surface area (Å²) in [6.07, 6.45) is 1.87. The Morgan fingerprint density at radius 3 is 2.64 bits per heavy atom. The molecule has 5 aromatic rings. The summed E-state index contributed by atoms with van der Waals surface area (Å²) in [7, 11) is 1.62. The van der Waals surface area contributed by atoms with E-state index >= 15 is 0 Å². The second-order valence-corrected chi connectivity index (χ2v) is 8.41. The smallest absolute Gasteiger partial charge is 0.262 e. The van der Waals surface area contributed by atoms with Crippen LogP contribution in [-0.2, 0) is 12.3 Å². The van der Waals surface area contributed by atoms with Crippen LogP contribution >= 0.6 is 11.8 Å². The number of ether oxygens (including phenoxy) is 1. The topological polar surface area (TPSA) is 100 Å². The Kier molecular flexibility index (Phi) is 5.82. The molecule has 9 nitrogen and oxygen atoms in total. The van der Waals surface area contributed by atoms with Gasteiger partial charge in [0.15, 0.2) is 5.16 Å². The Morgan fingerprint density at radius 1 is 1.03 bits per heavy atom. The zero-order chi connectivity index (χ0) is 22.8. The van der Waals surface area contributed by atoms with Gasteiger partial charge < -0.3 is 9.15 Å². The molecule has 0 aliphatic heterocycles. The van der Waals surface area contributed by atoms with Crippen LogP contribution in [0.4, 0.5) is 0 Å². The molecule has 0 atom stereocenters. The predicted molar refractivity (Wildman–Crippen MR) is 126 cm³/mol. The molecule has 0 amide bonds. The average molecular weight is 463 g/mol. The molecule has 0 radical (unpaired) electrons. The second-order valence-electron chi connectivity index (χ2n) is 7.46. The normalized spacial score (nSPS) is 11.5. The highest BCUT2D eigenvalue weighted by atomic mass is 32.2. The molecular weight excluding hydrogens is 440 g/mol. The van der Waals surface area contributed by atoms with Gasteiger partial charge in [-0.05, 0) is 42.8 Å². The molecule has 5 rings (SSSR count). The minimum Gasteiger partial charge on any atom is -0.497 e. The number of nitrogens with zero attached hydrogens (tertiary/aromatic N) is 6. The lowest BCUT2D eigenvalue weighted by Gasteiger charge is -2.10. The van der Waals surface area contributed by atoms with Crippen LogP contribution in [0.3, 0.4) is 0 Å². The van der Waals surface area contributed by atoms with Gasteiger partial charge in [-0.25, -0.2) is 0 Å². The van der Waals surface area contributed by atoms with Crippen molar-refractivity contribution in [2.45, 2.75) is 37.2 Å². The van der Waals surface area contributed by atoms with E-state index in [0.29, 0.717) is 40.4 Å². The van der Waals surface area contributed by atoms with Crippen molar-refractivity contribution in [2.24, 2.45) is 0 Å². The molecule has 0 spiro atoms. The van der Waals surface area contributed by atoms with Gasteiger partial charge in [0.05, 0.1) is 23.8 Å². The van der Waals surface area contributed by atoms with Crippen molar-refractivity contribution in [3.8, 4) is 17.2 Å². The van der Waals surface area contributed by atoms with Crippen molar-refractivity contribution < 1.29 is 9.15 Å². The zero-order valence-electron chi connectivity index (χ0n) is 18.3. The van der Waals surface area contributed by atoms with E-state index in [0.717, 1.165) is 29.7 Å². The number of benzene rings is 2. The van der Waals surface area contributed by atoms with E-state index in [9.17, 15) is 4.79 Å². The summed E-state index contributed by atoms with van der Waals surface area (Å²) in [4.78, 5) is 13.0. The van der Waals surface area contributed by atoms with Gasteiger partial charge in [-0.15, -0.1) is 20.4 Å². The van der Waals surface area contributed by atoms with Crippen LogP contribution in [0.1, 0.15) is 25.7 Å². The number of hydrogen-bond acceptors (Lipinski definition) is 8. The number of hydrogen-bond donors (Lipinski definition) is 0. The summed E-state index contributed by atoms with van der Waals surface area (Å²) in [5.74, 6) is 2.65. The Labute approximate surface area is 193 Å². The molecule has 33 heavy (non-hydrogen) atoms. The van der Waals surface area contributed by atoms with Crippen LogP contribution in [0.2, 0.25) is 0 Å². The molecule has 0 fully saturated rings. The SMILES string of the molecule is CCCCn1c(=O)c2ccccc2n2c(SCc3nnc(-c4ccc(OC)cc4)o3)nnc12. The minimum atomic E-state index is -0.0449. The molecule has 168 valence electrons. The fourth-order valence-electron chi connectivity index (χ4n) is 3.63. The van der Waals surface area contributed by atoms with Crippen LogP contribution in [0, 0.1) is 0 Å². The first-order valence-electron chi connectivity index (χ1n) is 10.7. The van der Waals surface area contributed by atoms with Crippen molar-refractivity contribution >= 4 is 28.4 Å². The van der Waals surface area contributed by atoms with Crippen molar-refractivity contribution in [3.63, 3.8) is 0 Å². The Morgan fingerprint density at radius 2 is 1.85 bits per heavy atom. The van der Waals surface area contributed by atoms with E-state index < -0.39 is 0 Å². The van der Waals surface area contributed by atoms with Crippen molar-refractivity contribution in [3.05, 3.63) is 64.8 Å².